The molecule has 1 heterocycles. The summed E-state index contributed by atoms with van der Waals surface area (Å²) in [6, 6.07) is 7.31. The Labute approximate surface area is 179 Å². The van der Waals surface area contributed by atoms with Crippen LogP contribution in [0.3, 0.4) is 0 Å². The van der Waals surface area contributed by atoms with Crippen LogP contribution in [-0.4, -0.2) is 77.9 Å². The van der Waals surface area contributed by atoms with E-state index >= 15 is 0 Å². The lowest BCUT2D eigenvalue weighted by molar-refractivity contribution is 0.0200. The van der Waals surface area contributed by atoms with E-state index in [1.165, 1.54) is 4.90 Å². The van der Waals surface area contributed by atoms with E-state index in [1.807, 2.05) is 12.1 Å². The molecular formula is C20H33N5O4S. The molecule has 1 unspecified atom stereocenters. The van der Waals surface area contributed by atoms with Crippen molar-refractivity contribution in [2.24, 2.45) is 4.99 Å². The van der Waals surface area contributed by atoms with Gasteiger partial charge in [0.05, 0.1) is 11.9 Å². The third-order valence-corrected chi connectivity index (χ3v) is 6.11. The van der Waals surface area contributed by atoms with Gasteiger partial charge in [0, 0.05) is 52.9 Å². The number of sulfonamides is 1. The van der Waals surface area contributed by atoms with E-state index in [9.17, 15) is 13.2 Å². The number of nitrogens with zero attached hydrogens (tertiary/aromatic N) is 2. The number of hydrogen-bond acceptors (Lipinski definition) is 5. The highest BCUT2D eigenvalue weighted by molar-refractivity contribution is 7.89. The van der Waals surface area contributed by atoms with Gasteiger partial charge in [-0.3, -0.25) is 9.79 Å². The number of rotatable bonds is 9. The van der Waals surface area contributed by atoms with Crippen LogP contribution in [0.5, 0.6) is 0 Å². The minimum atomic E-state index is -3.38. The van der Waals surface area contributed by atoms with E-state index in [1.54, 1.807) is 33.3 Å². The second-order valence-corrected chi connectivity index (χ2v) is 9.33. The zero-order valence-corrected chi connectivity index (χ0v) is 18.8. The smallest absolute Gasteiger partial charge is 0.253 e. The highest BCUT2D eigenvalue weighted by atomic mass is 32.2. The maximum atomic E-state index is 12.2. The molecule has 2 rings (SSSR count). The van der Waals surface area contributed by atoms with E-state index in [4.69, 9.17) is 4.74 Å². The number of carbonyl (C=O) groups is 1. The van der Waals surface area contributed by atoms with E-state index in [-0.39, 0.29) is 24.3 Å². The summed E-state index contributed by atoms with van der Waals surface area (Å²) in [4.78, 5) is 17.6. The summed E-state index contributed by atoms with van der Waals surface area (Å²) >= 11 is 0. The average Bonchev–Trinajstić information content (AvgIpc) is 2.75. The van der Waals surface area contributed by atoms with Crippen molar-refractivity contribution in [1.82, 2.24) is 20.3 Å². The lowest BCUT2D eigenvalue weighted by Crippen LogP contribution is -2.42. The van der Waals surface area contributed by atoms with Gasteiger partial charge in [-0.2, -0.15) is 0 Å². The molecule has 1 aliphatic rings. The van der Waals surface area contributed by atoms with Crippen LogP contribution >= 0.6 is 0 Å². The molecule has 10 heteroatoms. The highest BCUT2D eigenvalue weighted by Crippen LogP contribution is 2.11. The molecule has 0 saturated carbocycles. The Kier molecular flexibility index (Phi) is 9.54. The Balaban J connectivity index is 1.72. The van der Waals surface area contributed by atoms with Crippen molar-refractivity contribution in [2.75, 3.05) is 46.6 Å². The van der Waals surface area contributed by atoms with Crippen LogP contribution in [0.25, 0.3) is 0 Å². The van der Waals surface area contributed by atoms with Crippen molar-refractivity contribution in [3.05, 3.63) is 35.4 Å². The van der Waals surface area contributed by atoms with Crippen LogP contribution < -0.4 is 15.4 Å². The second-order valence-electron chi connectivity index (χ2n) is 7.40. The van der Waals surface area contributed by atoms with Crippen LogP contribution in [0.4, 0.5) is 0 Å². The van der Waals surface area contributed by atoms with Gasteiger partial charge in [0.2, 0.25) is 10.0 Å². The van der Waals surface area contributed by atoms with Crippen molar-refractivity contribution >= 4 is 21.9 Å². The lowest BCUT2D eigenvalue weighted by Gasteiger charge is -2.22. The predicted molar refractivity (Wildman–Crippen MR) is 118 cm³/mol. The summed E-state index contributed by atoms with van der Waals surface area (Å²) < 4.78 is 32.5. The molecule has 1 atom stereocenters. The molecule has 3 N–H and O–H groups in total. The Morgan fingerprint density at radius 2 is 1.93 bits per heavy atom. The Hall–Kier alpha value is -2.17. The largest absolute Gasteiger partial charge is 0.377 e. The van der Waals surface area contributed by atoms with Crippen molar-refractivity contribution in [3.63, 3.8) is 0 Å². The fourth-order valence-electron chi connectivity index (χ4n) is 2.99. The van der Waals surface area contributed by atoms with Gasteiger partial charge in [0.1, 0.15) is 0 Å². The van der Waals surface area contributed by atoms with Gasteiger partial charge >= 0.3 is 0 Å². The van der Waals surface area contributed by atoms with E-state index in [0.29, 0.717) is 31.2 Å². The van der Waals surface area contributed by atoms with Crippen molar-refractivity contribution in [3.8, 4) is 0 Å². The average molecular weight is 440 g/mol. The summed E-state index contributed by atoms with van der Waals surface area (Å²) in [5.74, 6) is 0.410. The number of hydrogen-bond donors (Lipinski definition) is 3. The van der Waals surface area contributed by atoms with Crippen molar-refractivity contribution in [2.45, 2.75) is 31.9 Å². The Bertz CT molecular complexity index is 803. The minimum absolute atomic E-state index is 0.0321. The first-order valence-corrected chi connectivity index (χ1v) is 11.8. The van der Waals surface area contributed by atoms with E-state index in [2.05, 4.69) is 20.3 Å². The fourth-order valence-corrected chi connectivity index (χ4v) is 3.95. The molecule has 1 aromatic carbocycles. The SMILES string of the molecule is CN=C(NCCS(=O)(=O)NCC1CCCCO1)NCc1ccc(C(=O)N(C)C)cc1. The van der Waals surface area contributed by atoms with Crippen LogP contribution in [-0.2, 0) is 21.3 Å². The van der Waals surface area contributed by atoms with Crippen molar-refractivity contribution < 1.29 is 17.9 Å². The number of ether oxygens (including phenoxy) is 1. The van der Waals surface area contributed by atoms with Gasteiger partial charge in [-0.1, -0.05) is 12.1 Å². The number of benzene rings is 1. The third-order valence-electron chi connectivity index (χ3n) is 4.76. The highest BCUT2D eigenvalue weighted by Gasteiger charge is 2.17. The molecule has 30 heavy (non-hydrogen) atoms. The second kappa shape index (κ2) is 11.9. The first kappa shape index (κ1) is 24.1. The monoisotopic (exact) mass is 439 g/mol. The molecule has 0 radical (unpaired) electrons. The summed E-state index contributed by atoms with van der Waals surface area (Å²) in [7, 11) is 1.67. The van der Waals surface area contributed by atoms with Crippen molar-refractivity contribution in [1.29, 1.82) is 0 Å². The van der Waals surface area contributed by atoms with Crippen LogP contribution in [0.15, 0.2) is 29.3 Å². The first-order chi connectivity index (χ1) is 14.3. The zero-order chi connectivity index (χ0) is 22.0. The maximum absolute atomic E-state index is 12.2. The molecule has 1 aromatic rings. The number of carbonyl (C=O) groups excluding carboxylic acids is 1. The van der Waals surface area contributed by atoms with Gasteiger partial charge in [0.25, 0.3) is 5.91 Å². The number of aliphatic imine (C=N–C) groups is 1. The normalized spacial score (nSPS) is 17.4. The summed E-state index contributed by atoms with van der Waals surface area (Å²) in [6.45, 7) is 1.75. The third kappa shape index (κ3) is 8.29. The Morgan fingerprint density at radius 1 is 1.20 bits per heavy atom. The fraction of sp³-hybridized carbons (Fsp3) is 0.600. The molecule has 1 amide bonds. The number of amides is 1. The standard InChI is InChI=1S/C20H33N5O4S/c1-21-20(23-14-16-7-9-17(10-8-16)19(26)25(2)3)22-11-13-30(27,28)24-15-18-6-4-5-12-29-18/h7-10,18,24H,4-6,11-15H2,1-3H3,(H2,21,22,23). The molecule has 168 valence electrons. The Morgan fingerprint density at radius 3 is 2.53 bits per heavy atom. The molecule has 0 aromatic heterocycles. The van der Waals surface area contributed by atoms with Gasteiger partial charge in [0.15, 0.2) is 5.96 Å². The quantitative estimate of drug-likeness (QED) is 0.383. The molecule has 0 bridgehead atoms. The summed E-state index contributed by atoms with van der Waals surface area (Å²) in [6.07, 6.45) is 2.97. The van der Waals surface area contributed by atoms with E-state index < -0.39 is 10.0 Å². The van der Waals surface area contributed by atoms with Crippen LogP contribution in [0.2, 0.25) is 0 Å². The van der Waals surface area contributed by atoms with Gasteiger partial charge in [-0.25, -0.2) is 13.1 Å². The maximum Gasteiger partial charge on any atom is 0.253 e. The first-order valence-electron chi connectivity index (χ1n) is 10.1. The van der Waals surface area contributed by atoms with Crippen LogP contribution in [0, 0.1) is 0 Å². The molecule has 9 nitrogen and oxygen atoms in total. The van der Waals surface area contributed by atoms with Gasteiger partial charge < -0.3 is 20.3 Å². The predicted octanol–water partition coefficient (Wildman–Crippen LogP) is 0.542. The van der Waals surface area contributed by atoms with Gasteiger partial charge in [-0.15, -0.1) is 0 Å². The lowest BCUT2D eigenvalue weighted by atomic mass is 10.1. The van der Waals surface area contributed by atoms with E-state index in [0.717, 1.165) is 24.8 Å². The topological polar surface area (TPSA) is 112 Å². The molecule has 0 spiro atoms. The number of guanidine groups is 1. The molecule has 1 aliphatic heterocycles. The molecule has 1 fully saturated rings. The molecule has 1 saturated heterocycles. The zero-order valence-electron chi connectivity index (χ0n) is 18.0. The van der Waals surface area contributed by atoms with Crippen LogP contribution in [0.1, 0.15) is 35.2 Å². The van der Waals surface area contributed by atoms with Gasteiger partial charge in [-0.05, 0) is 37.0 Å². The summed E-state index contributed by atoms with van der Waals surface area (Å²) in [5, 5.41) is 6.14. The number of nitrogens with one attached hydrogen (secondary N) is 3. The molecule has 0 aliphatic carbocycles. The summed E-state index contributed by atoms with van der Waals surface area (Å²) in [5.41, 5.74) is 1.61. The molecular weight excluding hydrogens is 406 g/mol. The minimum Gasteiger partial charge on any atom is -0.377 e.